The van der Waals surface area contributed by atoms with Crippen molar-refractivity contribution >= 4 is 6.03 Å². The van der Waals surface area contributed by atoms with Crippen LogP contribution in [0.4, 0.5) is 4.79 Å². The van der Waals surface area contributed by atoms with Crippen LogP contribution >= 0.6 is 0 Å². The molecule has 3 N–H and O–H groups in total. The first-order chi connectivity index (χ1) is 4.59. The second-order valence-electron chi connectivity index (χ2n) is 2.32. The number of nitrogens with zero attached hydrogens (tertiary/aromatic N) is 1. The highest BCUT2D eigenvalue weighted by Crippen LogP contribution is 2.01. The van der Waals surface area contributed by atoms with Gasteiger partial charge in [-0.05, 0) is 13.3 Å². The van der Waals surface area contributed by atoms with Crippen LogP contribution in [0, 0.1) is 0 Å². The van der Waals surface area contributed by atoms with Crippen LogP contribution in [0.25, 0.3) is 0 Å². The molecule has 0 unspecified atom stereocenters. The van der Waals surface area contributed by atoms with Crippen molar-refractivity contribution in [3.05, 3.63) is 0 Å². The number of urea groups is 1. The van der Waals surface area contributed by atoms with Gasteiger partial charge in [-0.2, -0.15) is 0 Å². The van der Waals surface area contributed by atoms with Gasteiger partial charge in [0.25, 0.3) is 0 Å². The highest BCUT2D eigenvalue weighted by molar-refractivity contribution is 5.70. The molecule has 60 valence electrons. The Bertz CT molecular complexity index is 116. The van der Waals surface area contributed by atoms with E-state index in [2.05, 4.69) is 0 Å². The van der Waals surface area contributed by atoms with E-state index in [-0.39, 0.29) is 6.04 Å². The lowest BCUT2D eigenvalue weighted by Gasteiger charge is -2.19. The Labute approximate surface area is 60.6 Å². The fourth-order valence-electron chi connectivity index (χ4n) is 0.757. The number of nitrogens with two attached hydrogens (primary N) is 1. The zero-order chi connectivity index (χ0) is 8.15. The fourth-order valence-corrected chi connectivity index (χ4v) is 0.757. The number of rotatable bonds is 3. The minimum atomic E-state index is -0.791. The average Bonchev–Trinajstić information content (AvgIpc) is 1.87. The SMILES string of the molecule is CCC[C@H](C)N(O)C(N)=O. The van der Waals surface area contributed by atoms with Crippen LogP contribution < -0.4 is 5.73 Å². The maximum absolute atomic E-state index is 10.3. The summed E-state index contributed by atoms with van der Waals surface area (Å²) in [6.07, 6.45) is 1.69. The second-order valence-corrected chi connectivity index (χ2v) is 2.32. The first-order valence-corrected chi connectivity index (χ1v) is 3.37. The largest absolute Gasteiger partial charge is 0.350 e. The Morgan fingerprint density at radius 1 is 1.80 bits per heavy atom. The number of hydrogen-bond donors (Lipinski definition) is 2. The van der Waals surface area contributed by atoms with E-state index in [0.717, 1.165) is 12.8 Å². The molecule has 0 aliphatic carbocycles. The first-order valence-electron chi connectivity index (χ1n) is 3.37. The third kappa shape index (κ3) is 2.68. The fraction of sp³-hybridized carbons (Fsp3) is 0.833. The number of carbonyl (C=O) groups is 1. The smallest absolute Gasteiger partial charge is 0.338 e. The van der Waals surface area contributed by atoms with Crippen LogP contribution in [0.15, 0.2) is 0 Å². The van der Waals surface area contributed by atoms with Gasteiger partial charge in [0.15, 0.2) is 0 Å². The molecule has 2 amide bonds. The van der Waals surface area contributed by atoms with Crippen molar-refractivity contribution in [3.8, 4) is 0 Å². The van der Waals surface area contributed by atoms with E-state index in [4.69, 9.17) is 10.9 Å². The number of amides is 2. The van der Waals surface area contributed by atoms with Crippen LogP contribution in [-0.2, 0) is 0 Å². The van der Waals surface area contributed by atoms with Gasteiger partial charge < -0.3 is 5.73 Å². The van der Waals surface area contributed by atoms with Gasteiger partial charge in [-0.15, -0.1) is 0 Å². The normalized spacial score (nSPS) is 12.7. The molecular formula is C6H14N2O2. The molecule has 0 bridgehead atoms. The summed E-state index contributed by atoms with van der Waals surface area (Å²) in [6.45, 7) is 3.72. The summed E-state index contributed by atoms with van der Waals surface area (Å²) in [6, 6.07) is -0.969. The minimum absolute atomic E-state index is 0.178. The Morgan fingerprint density at radius 3 is 2.60 bits per heavy atom. The molecule has 0 spiro atoms. The zero-order valence-corrected chi connectivity index (χ0v) is 6.37. The molecule has 0 saturated carbocycles. The van der Waals surface area contributed by atoms with Crippen LogP contribution in [0.3, 0.4) is 0 Å². The lowest BCUT2D eigenvalue weighted by molar-refractivity contribution is -0.0716. The third-order valence-corrected chi connectivity index (χ3v) is 1.35. The van der Waals surface area contributed by atoms with Crippen molar-refractivity contribution < 1.29 is 10.0 Å². The minimum Gasteiger partial charge on any atom is -0.350 e. The molecule has 0 rings (SSSR count). The number of hydroxylamine groups is 2. The lowest BCUT2D eigenvalue weighted by Crippen LogP contribution is -2.39. The summed E-state index contributed by atoms with van der Waals surface area (Å²) in [4.78, 5) is 10.3. The van der Waals surface area contributed by atoms with Crippen molar-refractivity contribution in [1.82, 2.24) is 5.06 Å². The topological polar surface area (TPSA) is 66.6 Å². The quantitative estimate of drug-likeness (QED) is 0.459. The summed E-state index contributed by atoms with van der Waals surface area (Å²) in [5, 5.41) is 9.44. The predicted octanol–water partition coefficient (Wildman–Crippen LogP) is 0.945. The van der Waals surface area contributed by atoms with E-state index < -0.39 is 6.03 Å². The van der Waals surface area contributed by atoms with E-state index >= 15 is 0 Å². The van der Waals surface area contributed by atoms with Crippen LogP contribution in [0.1, 0.15) is 26.7 Å². The standard InChI is InChI=1S/C6H14N2O2/c1-3-4-5(2)8(10)6(7)9/h5,10H,3-4H2,1-2H3,(H2,7,9)/t5-/m0/s1. The van der Waals surface area contributed by atoms with Gasteiger partial charge in [0.2, 0.25) is 0 Å². The van der Waals surface area contributed by atoms with Crippen LogP contribution in [0.2, 0.25) is 0 Å². The molecule has 0 aliphatic heterocycles. The van der Waals surface area contributed by atoms with Gasteiger partial charge in [0.1, 0.15) is 0 Å². The van der Waals surface area contributed by atoms with Crippen molar-refractivity contribution in [3.63, 3.8) is 0 Å². The summed E-state index contributed by atoms with van der Waals surface area (Å²) < 4.78 is 0. The number of hydrogen-bond acceptors (Lipinski definition) is 2. The molecular weight excluding hydrogens is 132 g/mol. The van der Waals surface area contributed by atoms with E-state index in [1.54, 1.807) is 6.92 Å². The molecule has 0 aliphatic rings. The van der Waals surface area contributed by atoms with Crippen molar-refractivity contribution in [1.29, 1.82) is 0 Å². The molecule has 0 aromatic heterocycles. The Balaban J connectivity index is 3.69. The van der Waals surface area contributed by atoms with Gasteiger partial charge >= 0.3 is 6.03 Å². The van der Waals surface area contributed by atoms with E-state index in [0.29, 0.717) is 5.06 Å². The monoisotopic (exact) mass is 146 g/mol. The van der Waals surface area contributed by atoms with E-state index in [1.165, 1.54) is 0 Å². The Morgan fingerprint density at radius 2 is 2.30 bits per heavy atom. The molecule has 10 heavy (non-hydrogen) atoms. The average molecular weight is 146 g/mol. The zero-order valence-electron chi connectivity index (χ0n) is 6.37. The molecule has 4 heteroatoms. The van der Waals surface area contributed by atoms with Crippen molar-refractivity contribution in [2.75, 3.05) is 0 Å². The maximum atomic E-state index is 10.3. The Hall–Kier alpha value is -0.770. The number of primary amides is 1. The molecule has 1 atom stereocenters. The summed E-state index contributed by atoms with van der Waals surface area (Å²) >= 11 is 0. The van der Waals surface area contributed by atoms with Crippen LogP contribution in [0.5, 0.6) is 0 Å². The highest BCUT2D eigenvalue weighted by Gasteiger charge is 2.12. The van der Waals surface area contributed by atoms with Crippen molar-refractivity contribution in [2.45, 2.75) is 32.7 Å². The molecule has 0 aromatic rings. The van der Waals surface area contributed by atoms with E-state index in [1.807, 2.05) is 6.92 Å². The lowest BCUT2D eigenvalue weighted by atomic mass is 10.2. The highest BCUT2D eigenvalue weighted by atomic mass is 16.5. The van der Waals surface area contributed by atoms with Gasteiger partial charge in [-0.3, -0.25) is 5.21 Å². The summed E-state index contributed by atoms with van der Waals surface area (Å²) in [5.74, 6) is 0. The molecule has 0 fully saturated rings. The molecule has 0 heterocycles. The molecule has 0 radical (unpaired) electrons. The van der Waals surface area contributed by atoms with Crippen molar-refractivity contribution in [2.24, 2.45) is 5.73 Å². The first kappa shape index (κ1) is 9.23. The van der Waals surface area contributed by atoms with Gasteiger partial charge in [0, 0.05) is 0 Å². The summed E-state index contributed by atoms with van der Waals surface area (Å²) in [5.41, 5.74) is 4.80. The Kier molecular flexibility index (Phi) is 3.79. The third-order valence-electron chi connectivity index (χ3n) is 1.35. The second kappa shape index (κ2) is 4.11. The predicted molar refractivity (Wildman–Crippen MR) is 37.6 cm³/mol. The molecule has 0 aromatic carbocycles. The van der Waals surface area contributed by atoms with Gasteiger partial charge in [-0.25, -0.2) is 9.86 Å². The van der Waals surface area contributed by atoms with Gasteiger partial charge in [-0.1, -0.05) is 13.3 Å². The van der Waals surface area contributed by atoms with Gasteiger partial charge in [0.05, 0.1) is 6.04 Å². The van der Waals surface area contributed by atoms with Crippen LogP contribution in [-0.4, -0.2) is 22.3 Å². The molecule has 4 nitrogen and oxygen atoms in total. The molecule has 0 saturated heterocycles. The number of carbonyl (C=O) groups excluding carboxylic acids is 1. The van der Waals surface area contributed by atoms with E-state index in [9.17, 15) is 4.79 Å². The maximum Gasteiger partial charge on any atom is 0.338 e. The summed E-state index contributed by atoms with van der Waals surface area (Å²) in [7, 11) is 0.